The molecule has 1 unspecified atom stereocenters. The summed E-state index contributed by atoms with van der Waals surface area (Å²) in [6.45, 7) is 4.34. The van der Waals surface area contributed by atoms with Gasteiger partial charge in [0.25, 0.3) is 0 Å². The van der Waals surface area contributed by atoms with E-state index in [1.54, 1.807) is 5.01 Å². The van der Waals surface area contributed by atoms with Crippen LogP contribution in [0.4, 0.5) is 5.69 Å². The summed E-state index contributed by atoms with van der Waals surface area (Å²) in [5.74, 6) is 6.61. The van der Waals surface area contributed by atoms with Gasteiger partial charge in [0.05, 0.1) is 5.69 Å². The highest BCUT2D eigenvalue weighted by Gasteiger charge is 2.15. The molecule has 0 bridgehead atoms. The molecule has 2 rings (SSSR count). The Bertz CT molecular complexity index is 512. The zero-order chi connectivity index (χ0) is 13.8. The molecule has 0 radical (unpaired) electrons. The minimum Gasteiger partial charge on any atom is -0.289 e. The average molecular weight is 311 g/mol. The fraction of sp³-hybridized carbons (Fsp3) is 0.250. The molecule has 2 nitrogen and oxygen atoms in total. The molecule has 0 amide bonds. The maximum Gasteiger partial charge on any atom is 0.144 e. The van der Waals surface area contributed by atoms with Crippen molar-refractivity contribution in [3.05, 3.63) is 65.7 Å². The number of anilines is 1. The van der Waals surface area contributed by atoms with Gasteiger partial charge in [0.15, 0.2) is 0 Å². The number of nitrogens with zero attached hydrogens (tertiary/aromatic N) is 1. The SMILES string of the molecule is CC(C)c1ccc(N(N)C(Cl)c2ccccc2)cc1.Cl. The number of hydrogen-bond acceptors (Lipinski definition) is 2. The molecule has 2 aromatic rings. The van der Waals surface area contributed by atoms with Crippen LogP contribution in [0.2, 0.25) is 0 Å². The number of rotatable bonds is 4. The van der Waals surface area contributed by atoms with Gasteiger partial charge < -0.3 is 0 Å². The van der Waals surface area contributed by atoms with E-state index in [1.807, 2.05) is 42.5 Å². The van der Waals surface area contributed by atoms with Crippen LogP contribution in [0.25, 0.3) is 0 Å². The zero-order valence-corrected chi connectivity index (χ0v) is 13.2. The van der Waals surface area contributed by atoms with Crippen molar-refractivity contribution in [3.63, 3.8) is 0 Å². The van der Waals surface area contributed by atoms with Crippen LogP contribution in [0.1, 0.15) is 36.4 Å². The van der Waals surface area contributed by atoms with Gasteiger partial charge in [-0.1, -0.05) is 67.9 Å². The Labute approximate surface area is 131 Å². The highest BCUT2D eigenvalue weighted by molar-refractivity contribution is 6.21. The van der Waals surface area contributed by atoms with Crippen molar-refractivity contribution in [2.24, 2.45) is 5.84 Å². The normalized spacial score (nSPS) is 11.8. The van der Waals surface area contributed by atoms with Crippen LogP contribution in [0.3, 0.4) is 0 Å². The monoisotopic (exact) mass is 310 g/mol. The van der Waals surface area contributed by atoms with Gasteiger partial charge in [0, 0.05) is 0 Å². The molecule has 0 aliphatic heterocycles. The largest absolute Gasteiger partial charge is 0.289 e. The molecule has 0 aliphatic carbocycles. The predicted molar refractivity (Wildman–Crippen MR) is 89.5 cm³/mol. The lowest BCUT2D eigenvalue weighted by Gasteiger charge is -2.25. The van der Waals surface area contributed by atoms with Crippen LogP contribution in [0.15, 0.2) is 54.6 Å². The third-order valence-electron chi connectivity index (χ3n) is 3.18. The third-order valence-corrected chi connectivity index (χ3v) is 3.64. The van der Waals surface area contributed by atoms with Crippen LogP contribution in [-0.4, -0.2) is 0 Å². The minimum atomic E-state index is -0.369. The van der Waals surface area contributed by atoms with Gasteiger partial charge in [-0.15, -0.1) is 12.4 Å². The van der Waals surface area contributed by atoms with Crippen LogP contribution in [-0.2, 0) is 0 Å². The highest BCUT2D eigenvalue weighted by atomic mass is 35.5. The van der Waals surface area contributed by atoms with E-state index in [9.17, 15) is 0 Å². The molecule has 20 heavy (non-hydrogen) atoms. The molecule has 0 aromatic heterocycles. The third kappa shape index (κ3) is 3.89. The number of hydrogen-bond donors (Lipinski definition) is 1. The molecule has 0 spiro atoms. The molecule has 4 heteroatoms. The smallest absolute Gasteiger partial charge is 0.144 e. The molecule has 2 N–H and O–H groups in total. The summed E-state index contributed by atoms with van der Waals surface area (Å²) < 4.78 is 0. The Kier molecular flexibility index (Phi) is 6.34. The maximum absolute atomic E-state index is 6.39. The second kappa shape index (κ2) is 7.53. The molecular formula is C16H20Cl2N2. The van der Waals surface area contributed by atoms with E-state index >= 15 is 0 Å². The van der Waals surface area contributed by atoms with Gasteiger partial charge >= 0.3 is 0 Å². The van der Waals surface area contributed by atoms with E-state index in [-0.39, 0.29) is 17.9 Å². The molecule has 108 valence electrons. The van der Waals surface area contributed by atoms with E-state index < -0.39 is 0 Å². The molecule has 0 fully saturated rings. The van der Waals surface area contributed by atoms with Crippen molar-refractivity contribution < 1.29 is 0 Å². The van der Waals surface area contributed by atoms with Crippen LogP contribution >= 0.6 is 24.0 Å². The van der Waals surface area contributed by atoms with Gasteiger partial charge in [-0.25, -0.2) is 5.84 Å². The Hall–Kier alpha value is -1.22. The predicted octanol–water partition coefficient (Wildman–Crippen LogP) is 4.85. The fourth-order valence-corrected chi connectivity index (χ4v) is 2.19. The summed E-state index contributed by atoms with van der Waals surface area (Å²) in [5, 5.41) is 1.58. The number of nitrogens with two attached hydrogens (primary N) is 1. The highest BCUT2D eigenvalue weighted by Crippen LogP contribution is 2.28. The summed E-state index contributed by atoms with van der Waals surface area (Å²) in [7, 11) is 0. The molecular weight excluding hydrogens is 291 g/mol. The maximum atomic E-state index is 6.39. The van der Waals surface area contributed by atoms with E-state index in [0.29, 0.717) is 5.92 Å². The second-order valence-corrected chi connectivity index (χ2v) is 5.31. The van der Waals surface area contributed by atoms with Crippen molar-refractivity contribution in [2.75, 3.05) is 5.01 Å². The molecule has 1 atom stereocenters. The average Bonchev–Trinajstić information content (AvgIpc) is 2.46. The Balaban J connectivity index is 0.00000200. The first-order chi connectivity index (χ1) is 9.09. The summed E-state index contributed by atoms with van der Waals surface area (Å²) in [4.78, 5) is 0. The Morgan fingerprint density at radius 1 is 0.900 bits per heavy atom. The topological polar surface area (TPSA) is 29.3 Å². The number of benzene rings is 2. The molecule has 0 saturated heterocycles. The van der Waals surface area contributed by atoms with Crippen LogP contribution < -0.4 is 10.9 Å². The summed E-state index contributed by atoms with van der Waals surface area (Å²) in [6, 6.07) is 18.0. The lowest BCUT2D eigenvalue weighted by atomic mass is 10.0. The van der Waals surface area contributed by atoms with Crippen molar-refractivity contribution in [1.82, 2.24) is 0 Å². The molecule has 0 heterocycles. The van der Waals surface area contributed by atoms with Gasteiger partial charge in [0.2, 0.25) is 0 Å². The van der Waals surface area contributed by atoms with Crippen LogP contribution in [0, 0.1) is 0 Å². The summed E-state index contributed by atoms with van der Waals surface area (Å²) >= 11 is 6.39. The standard InChI is InChI=1S/C16H19ClN2.ClH/c1-12(2)13-8-10-15(11-9-13)19(18)16(17)14-6-4-3-5-7-14;/h3-12,16H,18H2,1-2H3;1H. The van der Waals surface area contributed by atoms with Crippen molar-refractivity contribution in [3.8, 4) is 0 Å². The Morgan fingerprint density at radius 3 is 1.95 bits per heavy atom. The van der Waals surface area contributed by atoms with Crippen molar-refractivity contribution >= 4 is 29.7 Å². The molecule has 0 saturated carbocycles. The van der Waals surface area contributed by atoms with Crippen molar-refractivity contribution in [1.29, 1.82) is 0 Å². The van der Waals surface area contributed by atoms with E-state index in [2.05, 4.69) is 26.0 Å². The van der Waals surface area contributed by atoms with Crippen LogP contribution in [0.5, 0.6) is 0 Å². The first-order valence-electron chi connectivity index (χ1n) is 6.42. The van der Waals surface area contributed by atoms with E-state index in [1.165, 1.54) is 5.56 Å². The molecule has 2 aromatic carbocycles. The van der Waals surface area contributed by atoms with Gasteiger partial charge in [-0.05, 0) is 29.2 Å². The number of alkyl halides is 1. The second-order valence-electron chi connectivity index (χ2n) is 4.90. The fourth-order valence-electron chi connectivity index (χ4n) is 1.93. The zero-order valence-electron chi connectivity index (χ0n) is 11.7. The van der Waals surface area contributed by atoms with Gasteiger partial charge in [-0.3, -0.25) is 5.01 Å². The van der Waals surface area contributed by atoms with Gasteiger partial charge in [-0.2, -0.15) is 0 Å². The van der Waals surface area contributed by atoms with Gasteiger partial charge in [0.1, 0.15) is 5.50 Å². The number of hydrazine groups is 1. The first kappa shape index (κ1) is 16.8. The first-order valence-corrected chi connectivity index (χ1v) is 6.86. The lowest BCUT2D eigenvalue weighted by Crippen LogP contribution is -2.32. The summed E-state index contributed by atoms with van der Waals surface area (Å²) in [6.07, 6.45) is 0. The number of halogens is 2. The van der Waals surface area contributed by atoms with E-state index in [0.717, 1.165) is 11.3 Å². The molecule has 0 aliphatic rings. The lowest BCUT2D eigenvalue weighted by molar-refractivity contribution is 0.818. The summed E-state index contributed by atoms with van der Waals surface area (Å²) in [5.41, 5.74) is 2.82. The van der Waals surface area contributed by atoms with E-state index in [4.69, 9.17) is 17.4 Å². The minimum absolute atomic E-state index is 0. The van der Waals surface area contributed by atoms with Crippen molar-refractivity contribution in [2.45, 2.75) is 25.3 Å². The quantitative estimate of drug-likeness (QED) is 0.378. The Morgan fingerprint density at radius 2 is 1.45 bits per heavy atom.